The largest absolute Gasteiger partial charge is 0.378 e. The Balaban J connectivity index is 2.47. The fourth-order valence-corrected chi connectivity index (χ4v) is 2.56. The molecule has 0 saturated carbocycles. The second kappa shape index (κ2) is 7.69. The molecule has 0 spiro atoms. The zero-order valence-corrected chi connectivity index (χ0v) is 14.7. The summed E-state index contributed by atoms with van der Waals surface area (Å²) < 4.78 is 8.15. The zero-order chi connectivity index (χ0) is 15.2. The summed E-state index contributed by atoms with van der Waals surface area (Å²) in [5.74, 6) is 1.54. The molecular formula is C14H20IN5O. The lowest BCUT2D eigenvalue weighted by Gasteiger charge is -2.13. The highest BCUT2D eigenvalue weighted by Crippen LogP contribution is 2.24. The predicted octanol–water partition coefficient (Wildman–Crippen LogP) is 2.93. The van der Waals surface area contributed by atoms with E-state index in [9.17, 15) is 0 Å². The van der Waals surface area contributed by atoms with Crippen LogP contribution in [-0.4, -0.2) is 33.4 Å². The number of methoxy groups -OCH3 is 1. The molecule has 0 atom stereocenters. The van der Waals surface area contributed by atoms with Crippen molar-refractivity contribution in [2.24, 2.45) is 0 Å². The summed E-state index contributed by atoms with van der Waals surface area (Å²) in [6.07, 6.45) is 2.82. The number of ether oxygens (including phenoxy) is 1. The van der Waals surface area contributed by atoms with Crippen LogP contribution >= 0.6 is 22.6 Å². The monoisotopic (exact) mass is 401 g/mol. The molecular weight excluding hydrogens is 381 g/mol. The maximum absolute atomic E-state index is 5.25. The summed E-state index contributed by atoms with van der Waals surface area (Å²) in [6.45, 7) is 6.31. The molecule has 0 unspecified atom stereocenters. The lowest BCUT2D eigenvalue weighted by Crippen LogP contribution is -2.11. The molecule has 2 aromatic rings. The molecule has 0 aliphatic rings. The van der Waals surface area contributed by atoms with Gasteiger partial charge in [-0.1, -0.05) is 6.92 Å². The zero-order valence-electron chi connectivity index (χ0n) is 12.6. The van der Waals surface area contributed by atoms with E-state index in [2.05, 4.69) is 56.8 Å². The highest BCUT2D eigenvalue weighted by molar-refractivity contribution is 14.1. The van der Waals surface area contributed by atoms with Crippen LogP contribution in [0.5, 0.6) is 0 Å². The highest BCUT2D eigenvalue weighted by Gasteiger charge is 2.15. The number of hydrogen-bond donors (Lipinski definition) is 1. The van der Waals surface area contributed by atoms with E-state index >= 15 is 0 Å². The molecule has 0 aromatic carbocycles. The van der Waals surface area contributed by atoms with Gasteiger partial charge >= 0.3 is 0 Å². The third kappa shape index (κ3) is 3.70. The molecule has 0 saturated heterocycles. The summed E-state index contributed by atoms with van der Waals surface area (Å²) in [5.41, 5.74) is 1.82. The number of anilines is 1. The van der Waals surface area contributed by atoms with Gasteiger partial charge in [-0.2, -0.15) is 5.10 Å². The van der Waals surface area contributed by atoms with E-state index < -0.39 is 0 Å². The first kappa shape index (κ1) is 16.2. The summed E-state index contributed by atoms with van der Waals surface area (Å²) in [5, 5.41) is 7.64. The van der Waals surface area contributed by atoms with Crippen molar-refractivity contribution in [3.63, 3.8) is 0 Å². The minimum atomic E-state index is 0.467. The fourth-order valence-electron chi connectivity index (χ4n) is 1.98. The van der Waals surface area contributed by atoms with E-state index in [4.69, 9.17) is 4.74 Å². The second-order valence-electron chi connectivity index (χ2n) is 4.55. The van der Waals surface area contributed by atoms with Crippen LogP contribution in [0.3, 0.4) is 0 Å². The Labute approximate surface area is 138 Å². The second-order valence-corrected chi connectivity index (χ2v) is 5.63. The minimum Gasteiger partial charge on any atom is -0.378 e. The van der Waals surface area contributed by atoms with E-state index in [-0.39, 0.29) is 0 Å². The Morgan fingerprint density at radius 1 is 1.33 bits per heavy atom. The summed E-state index contributed by atoms with van der Waals surface area (Å²) in [7, 11) is 1.67. The van der Waals surface area contributed by atoms with Gasteiger partial charge in [0.2, 0.25) is 0 Å². The topological polar surface area (TPSA) is 64.9 Å². The van der Waals surface area contributed by atoms with Crippen LogP contribution in [-0.2, 0) is 17.9 Å². The molecule has 1 N–H and O–H groups in total. The smallest absolute Gasteiger partial charge is 0.180 e. The van der Waals surface area contributed by atoms with Crippen LogP contribution in [0.1, 0.15) is 26.0 Å². The molecule has 2 heterocycles. The molecule has 2 aromatic heterocycles. The maximum Gasteiger partial charge on any atom is 0.180 e. The Bertz CT molecular complexity index is 599. The van der Waals surface area contributed by atoms with Crippen LogP contribution in [0.4, 0.5) is 5.82 Å². The lowest BCUT2D eigenvalue weighted by atomic mass is 10.3. The standard InChI is InChI=1S/C14H20IN5O/c1-4-7-16-14-12(15)10(9-21-3)18-13(19-14)11-6-8-17-20(11)5-2/h6,8H,4-5,7,9H2,1-3H3,(H,16,18,19). The predicted molar refractivity (Wildman–Crippen MR) is 91.1 cm³/mol. The molecule has 114 valence electrons. The molecule has 0 aliphatic carbocycles. The quantitative estimate of drug-likeness (QED) is 0.723. The Kier molecular flexibility index (Phi) is 5.92. The van der Waals surface area contributed by atoms with Crippen molar-refractivity contribution < 1.29 is 4.74 Å². The number of nitrogens with one attached hydrogen (secondary N) is 1. The first-order valence-corrected chi connectivity index (χ1v) is 8.10. The maximum atomic E-state index is 5.25. The van der Waals surface area contributed by atoms with Crippen molar-refractivity contribution in [3.8, 4) is 11.5 Å². The molecule has 6 nitrogen and oxygen atoms in total. The van der Waals surface area contributed by atoms with Gasteiger partial charge in [-0.15, -0.1) is 0 Å². The molecule has 0 radical (unpaired) electrons. The average Bonchev–Trinajstić information content (AvgIpc) is 2.96. The molecule has 0 bridgehead atoms. The van der Waals surface area contributed by atoms with Gasteiger partial charge in [0, 0.05) is 26.4 Å². The van der Waals surface area contributed by atoms with Gasteiger partial charge in [0.1, 0.15) is 11.5 Å². The Hall–Kier alpha value is -1.22. The van der Waals surface area contributed by atoms with E-state index in [0.717, 1.165) is 40.3 Å². The Morgan fingerprint density at radius 3 is 2.81 bits per heavy atom. The van der Waals surface area contributed by atoms with Crippen LogP contribution in [0.2, 0.25) is 0 Å². The van der Waals surface area contributed by atoms with Gasteiger partial charge in [-0.3, -0.25) is 4.68 Å². The number of hydrogen-bond acceptors (Lipinski definition) is 5. The van der Waals surface area contributed by atoms with Gasteiger partial charge in [0.15, 0.2) is 5.82 Å². The fraction of sp³-hybridized carbons (Fsp3) is 0.500. The molecule has 2 rings (SSSR count). The van der Waals surface area contributed by atoms with Crippen molar-refractivity contribution >= 4 is 28.4 Å². The summed E-state index contributed by atoms with van der Waals surface area (Å²) >= 11 is 2.27. The number of aryl methyl sites for hydroxylation is 1. The van der Waals surface area contributed by atoms with Crippen molar-refractivity contribution in [1.29, 1.82) is 0 Å². The summed E-state index contributed by atoms with van der Waals surface area (Å²) in [6, 6.07) is 1.94. The minimum absolute atomic E-state index is 0.467. The number of nitrogens with zero attached hydrogens (tertiary/aromatic N) is 4. The van der Waals surface area contributed by atoms with Crippen LogP contribution in [0.25, 0.3) is 11.5 Å². The van der Waals surface area contributed by atoms with E-state index in [1.165, 1.54) is 0 Å². The van der Waals surface area contributed by atoms with Gasteiger partial charge in [0.05, 0.1) is 15.9 Å². The summed E-state index contributed by atoms with van der Waals surface area (Å²) in [4.78, 5) is 9.30. The van der Waals surface area contributed by atoms with E-state index in [1.54, 1.807) is 13.3 Å². The average molecular weight is 401 g/mol. The van der Waals surface area contributed by atoms with E-state index in [0.29, 0.717) is 12.4 Å². The first-order valence-electron chi connectivity index (χ1n) is 7.02. The number of rotatable bonds is 7. The van der Waals surface area contributed by atoms with Gasteiger partial charge in [-0.25, -0.2) is 9.97 Å². The molecule has 7 heteroatoms. The van der Waals surface area contributed by atoms with Crippen molar-refractivity contribution in [2.75, 3.05) is 19.0 Å². The third-order valence-corrected chi connectivity index (χ3v) is 4.12. The highest BCUT2D eigenvalue weighted by atomic mass is 127. The molecule has 0 amide bonds. The number of aromatic nitrogens is 4. The molecule has 0 fully saturated rings. The Morgan fingerprint density at radius 2 is 2.14 bits per heavy atom. The van der Waals surface area contributed by atoms with Gasteiger partial charge < -0.3 is 10.1 Å². The van der Waals surface area contributed by atoms with Crippen LogP contribution in [0.15, 0.2) is 12.3 Å². The van der Waals surface area contributed by atoms with Gasteiger partial charge in [-0.05, 0) is 42.0 Å². The SMILES string of the molecule is CCCNc1nc(-c2ccnn2CC)nc(COC)c1I. The molecule has 0 aliphatic heterocycles. The third-order valence-electron chi connectivity index (χ3n) is 2.99. The van der Waals surface area contributed by atoms with Crippen molar-refractivity contribution in [1.82, 2.24) is 19.7 Å². The first-order chi connectivity index (χ1) is 10.2. The van der Waals surface area contributed by atoms with Crippen molar-refractivity contribution in [2.45, 2.75) is 33.4 Å². The lowest BCUT2D eigenvalue weighted by molar-refractivity contribution is 0.181. The van der Waals surface area contributed by atoms with Crippen molar-refractivity contribution in [3.05, 3.63) is 21.5 Å². The molecule has 21 heavy (non-hydrogen) atoms. The van der Waals surface area contributed by atoms with Crippen LogP contribution in [0, 0.1) is 3.57 Å². The normalized spacial score (nSPS) is 10.9. The van der Waals surface area contributed by atoms with Crippen LogP contribution < -0.4 is 5.32 Å². The van der Waals surface area contributed by atoms with Gasteiger partial charge in [0.25, 0.3) is 0 Å². The number of halogens is 1. The van der Waals surface area contributed by atoms with E-state index in [1.807, 2.05) is 10.7 Å².